The molecule has 2 aliphatic rings. The maximum Gasteiger partial charge on any atom is 0.262 e. The molecule has 0 spiro atoms. The highest BCUT2D eigenvalue weighted by Crippen LogP contribution is 2.51. The van der Waals surface area contributed by atoms with Gasteiger partial charge in [0, 0.05) is 11.5 Å². The minimum atomic E-state index is -0.0985. The van der Waals surface area contributed by atoms with E-state index in [9.17, 15) is 4.79 Å². The van der Waals surface area contributed by atoms with Crippen molar-refractivity contribution in [1.29, 1.82) is 0 Å². The Hall–Kier alpha value is -1.55. The standard InChI is InChI=1S/C13H16N2O2/c1-8(14)13(4-5-13)9-2-3-10-11(6-9)17-7-12(16)15-10/h2-3,6,8H,4-5,7,14H2,1H3,(H,15,16). The predicted octanol–water partition coefficient (Wildman–Crippen LogP) is 1.40. The second-order valence-corrected chi connectivity index (χ2v) is 4.99. The lowest BCUT2D eigenvalue weighted by Crippen LogP contribution is -2.32. The zero-order valence-electron chi connectivity index (χ0n) is 9.82. The number of anilines is 1. The number of benzene rings is 1. The molecule has 0 saturated heterocycles. The van der Waals surface area contributed by atoms with Crippen LogP contribution in [0.3, 0.4) is 0 Å². The number of ether oxygens (including phenoxy) is 1. The van der Waals surface area contributed by atoms with Crippen LogP contribution >= 0.6 is 0 Å². The van der Waals surface area contributed by atoms with Gasteiger partial charge in [-0.25, -0.2) is 0 Å². The Labute approximate surface area is 100 Å². The Morgan fingerprint density at radius 2 is 2.24 bits per heavy atom. The Morgan fingerprint density at radius 3 is 2.88 bits per heavy atom. The highest BCUT2D eigenvalue weighted by Gasteiger charge is 2.47. The van der Waals surface area contributed by atoms with Crippen molar-refractivity contribution in [2.24, 2.45) is 5.73 Å². The van der Waals surface area contributed by atoms with Gasteiger partial charge < -0.3 is 15.8 Å². The molecule has 3 rings (SSSR count). The average Bonchev–Trinajstić information content (AvgIpc) is 3.09. The van der Waals surface area contributed by atoms with E-state index in [2.05, 4.69) is 12.2 Å². The van der Waals surface area contributed by atoms with E-state index in [-0.39, 0.29) is 24.0 Å². The van der Waals surface area contributed by atoms with Crippen LogP contribution in [0.25, 0.3) is 0 Å². The molecule has 1 aliphatic heterocycles. The lowest BCUT2D eigenvalue weighted by Gasteiger charge is -2.23. The molecule has 4 heteroatoms. The van der Waals surface area contributed by atoms with Crippen molar-refractivity contribution in [3.05, 3.63) is 23.8 Å². The molecule has 0 bridgehead atoms. The predicted molar refractivity (Wildman–Crippen MR) is 65.1 cm³/mol. The van der Waals surface area contributed by atoms with Gasteiger partial charge in [0.15, 0.2) is 6.61 Å². The van der Waals surface area contributed by atoms with E-state index in [1.807, 2.05) is 18.2 Å². The summed E-state index contributed by atoms with van der Waals surface area (Å²) in [6, 6.07) is 6.12. The zero-order chi connectivity index (χ0) is 12.0. The van der Waals surface area contributed by atoms with Crippen LogP contribution in [0.2, 0.25) is 0 Å². The monoisotopic (exact) mass is 232 g/mol. The Balaban J connectivity index is 1.97. The normalized spacial score (nSPS) is 22.1. The van der Waals surface area contributed by atoms with Crippen molar-refractivity contribution >= 4 is 11.6 Å². The maximum atomic E-state index is 11.2. The second kappa shape index (κ2) is 3.47. The minimum Gasteiger partial charge on any atom is -0.482 e. The molecule has 0 radical (unpaired) electrons. The molecule has 17 heavy (non-hydrogen) atoms. The SMILES string of the molecule is CC(N)C1(c2ccc3c(c2)OCC(=O)N3)CC1. The van der Waals surface area contributed by atoms with Crippen molar-refractivity contribution in [2.45, 2.75) is 31.2 Å². The number of hydrogen-bond acceptors (Lipinski definition) is 3. The Bertz CT molecular complexity index is 478. The minimum absolute atomic E-state index is 0.0985. The molecule has 0 aromatic heterocycles. The highest BCUT2D eigenvalue weighted by atomic mass is 16.5. The molecule has 1 saturated carbocycles. The molecule has 1 aromatic carbocycles. The molecule has 1 aromatic rings. The van der Waals surface area contributed by atoms with E-state index < -0.39 is 0 Å². The zero-order valence-corrected chi connectivity index (χ0v) is 9.82. The Kier molecular flexibility index (Phi) is 2.16. The van der Waals surface area contributed by atoms with E-state index in [4.69, 9.17) is 10.5 Å². The van der Waals surface area contributed by atoms with Crippen molar-refractivity contribution in [1.82, 2.24) is 0 Å². The summed E-state index contributed by atoms with van der Waals surface area (Å²) >= 11 is 0. The number of carbonyl (C=O) groups excluding carboxylic acids is 1. The number of nitrogens with one attached hydrogen (secondary N) is 1. The molecule has 1 heterocycles. The number of nitrogens with two attached hydrogens (primary N) is 1. The third-order valence-electron chi connectivity index (χ3n) is 3.85. The lowest BCUT2D eigenvalue weighted by atomic mass is 9.89. The molecule has 4 nitrogen and oxygen atoms in total. The first-order valence-corrected chi connectivity index (χ1v) is 5.94. The van der Waals surface area contributed by atoms with Gasteiger partial charge in [0.2, 0.25) is 0 Å². The summed E-state index contributed by atoms with van der Waals surface area (Å²) in [6.07, 6.45) is 2.27. The van der Waals surface area contributed by atoms with Crippen LogP contribution in [0.15, 0.2) is 18.2 Å². The summed E-state index contributed by atoms with van der Waals surface area (Å²) in [4.78, 5) is 11.2. The number of carbonyl (C=O) groups is 1. The fraction of sp³-hybridized carbons (Fsp3) is 0.462. The summed E-state index contributed by atoms with van der Waals surface area (Å²) in [5.74, 6) is 0.660. The van der Waals surface area contributed by atoms with Crippen LogP contribution in [-0.4, -0.2) is 18.6 Å². The molecule has 1 aliphatic carbocycles. The van der Waals surface area contributed by atoms with Gasteiger partial charge in [-0.15, -0.1) is 0 Å². The summed E-state index contributed by atoms with van der Waals surface area (Å²) in [7, 11) is 0. The van der Waals surface area contributed by atoms with Gasteiger partial charge in [0.05, 0.1) is 5.69 Å². The van der Waals surface area contributed by atoms with Gasteiger partial charge in [-0.1, -0.05) is 6.07 Å². The van der Waals surface area contributed by atoms with Crippen LogP contribution in [0.4, 0.5) is 5.69 Å². The average molecular weight is 232 g/mol. The van der Waals surface area contributed by atoms with Crippen LogP contribution in [0.1, 0.15) is 25.3 Å². The largest absolute Gasteiger partial charge is 0.482 e. The molecule has 90 valence electrons. The van der Waals surface area contributed by atoms with Crippen LogP contribution < -0.4 is 15.8 Å². The fourth-order valence-electron chi connectivity index (χ4n) is 2.53. The number of fused-ring (bicyclic) bond motifs is 1. The van der Waals surface area contributed by atoms with E-state index in [1.54, 1.807) is 0 Å². The quantitative estimate of drug-likeness (QED) is 0.810. The summed E-state index contributed by atoms with van der Waals surface area (Å²) < 4.78 is 5.43. The van der Waals surface area contributed by atoms with Crippen molar-refractivity contribution in [3.8, 4) is 5.75 Å². The van der Waals surface area contributed by atoms with Crippen molar-refractivity contribution < 1.29 is 9.53 Å². The lowest BCUT2D eigenvalue weighted by molar-refractivity contribution is -0.118. The molecular weight excluding hydrogens is 216 g/mol. The van der Waals surface area contributed by atoms with Crippen molar-refractivity contribution in [2.75, 3.05) is 11.9 Å². The molecule has 1 fully saturated rings. The van der Waals surface area contributed by atoms with Crippen molar-refractivity contribution in [3.63, 3.8) is 0 Å². The van der Waals surface area contributed by atoms with Gasteiger partial charge in [0.1, 0.15) is 5.75 Å². The summed E-state index contributed by atoms with van der Waals surface area (Å²) in [6.45, 7) is 2.15. The number of hydrogen-bond donors (Lipinski definition) is 2. The summed E-state index contributed by atoms with van der Waals surface area (Å²) in [5.41, 5.74) is 8.16. The van der Waals surface area contributed by atoms with Gasteiger partial charge in [0.25, 0.3) is 5.91 Å². The highest BCUT2D eigenvalue weighted by molar-refractivity contribution is 5.95. The van der Waals surface area contributed by atoms with Gasteiger partial charge in [-0.3, -0.25) is 4.79 Å². The van der Waals surface area contributed by atoms with E-state index in [0.717, 1.165) is 24.3 Å². The number of amides is 1. The first kappa shape index (κ1) is 10.6. The van der Waals surface area contributed by atoms with E-state index in [0.29, 0.717) is 0 Å². The fourth-order valence-corrected chi connectivity index (χ4v) is 2.53. The Morgan fingerprint density at radius 1 is 1.47 bits per heavy atom. The third kappa shape index (κ3) is 1.60. The molecule has 1 atom stereocenters. The smallest absolute Gasteiger partial charge is 0.262 e. The third-order valence-corrected chi connectivity index (χ3v) is 3.85. The van der Waals surface area contributed by atoms with Crippen LogP contribution in [0.5, 0.6) is 5.75 Å². The van der Waals surface area contributed by atoms with Gasteiger partial charge >= 0.3 is 0 Å². The maximum absolute atomic E-state index is 11.2. The van der Waals surface area contributed by atoms with Gasteiger partial charge in [-0.05, 0) is 37.5 Å². The summed E-state index contributed by atoms with van der Waals surface area (Å²) in [5, 5.41) is 2.79. The topological polar surface area (TPSA) is 64.3 Å². The first-order valence-electron chi connectivity index (χ1n) is 5.94. The van der Waals surface area contributed by atoms with E-state index in [1.165, 1.54) is 5.56 Å². The molecular formula is C13H16N2O2. The molecule has 1 unspecified atom stereocenters. The van der Waals surface area contributed by atoms with E-state index >= 15 is 0 Å². The second-order valence-electron chi connectivity index (χ2n) is 4.99. The molecule has 1 amide bonds. The first-order chi connectivity index (χ1) is 8.12. The van der Waals surface area contributed by atoms with Crippen LogP contribution in [0, 0.1) is 0 Å². The van der Waals surface area contributed by atoms with Gasteiger partial charge in [-0.2, -0.15) is 0 Å². The molecule has 3 N–H and O–H groups in total. The van der Waals surface area contributed by atoms with Crippen LogP contribution in [-0.2, 0) is 10.2 Å². The number of rotatable bonds is 2.